The smallest absolute Gasteiger partial charge is 0.404 e. The van der Waals surface area contributed by atoms with Crippen molar-refractivity contribution in [1.82, 2.24) is 0 Å². The zero-order valence-electron chi connectivity index (χ0n) is 12.4. The molecule has 7 heteroatoms. The van der Waals surface area contributed by atoms with E-state index in [0.29, 0.717) is 12.8 Å². The molecular formula is C15H18F3NO3. The van der Waals surface area contributed by atoms with Crippen molar-refractivity contribution in [3.8, 4) is 5.75 Å². The second-order valence-corrected chi connectivity index (χ2v) is 4.64. The normalized spacial score (nSPS) is 11.1. The minimum absolute atomic E-state index is 0.0653. The monoisotopic (exact) mass is 317 g/mol. The maximum Gasteiger partial charge on any atom is 0.573 e. The molecule has 0 radical (unpaired) electrons. The predicted molar refractivity (Wildman–Crippen MR) is 75.4 cm³/mol. The van der Waals surface area contributed by atoms with Crippen molar-refractivity contribution in [3.63, 3.8) is 0 Å². The van der Waals surface area contributed by atoms with Crippen LogP contribution >= 0.6 is 0 Å². The lowest BCUT2D eigenvalue weighted by Gasteiger charge is -2.23. The van der Waals surface area contributed by atoms with Gasteiger partial charge in [-0.3, -0.25) is 9.59 Å². The lowest BCUT2D eigenvalue weighted by atomic mass is 10.2. The molecule has 0 aromatic heterocycles. The maximum absolute atomic E-state index is 12.5. The molecule has 0 saturated carbocycles. The van der Waals surface area contributed by atoms with Gasteiger partial charge < -0.3 is 4.74 Å². The van der Waals surface area contributed by atoms with Gasteiger partial charge >= 0.3 is 6.36 Å². The zero-order valence-corrected chi connectivity index (χ0v) is 12.4. The van der Waals surface area contributed by atoms with Gasteiger partial charge in [0.05, 0.1) is 5.69 Å². The van der Waals surface area contributed by atoms with Gasteiger partial charge in [0.1, 0.15) is 0 Å². The SMILES string of the molecule is CCCC(=O)N(C(=O)CCC)c1ccccc1OC(F)(F)F. The molecule has 0 unspecified atom stereocenters. The number of alkyl halides is 3. The number of halogens is 3. The first-order chi connectivity index (χ1) is 10.3. The molecule has 122 valence electrons. The van der Waals surface area contributed by atoms with Crippen molar-refractivity contribution in [2.24, 2.45) is 0 Å². The molecule has 0 aliphatic rings. The standard InChI is InChI=1S/C15H18F3NO3/c1-3-7-13(20)19(14(21)8-4-2)11-9-5-6-10-12(11)22-15(16,17)18/h5-6,9-10H,3-4,7-8H2,1-2H3. The number of para-hydroxylation sites is 2. The first-order valence-corrected chi connectivity index (χ1v) is 7.00. The second-order valence-electron chi connectivity index (χ2n) is 4.64. The lowest BCUT2D eigenvalue weighted by molar-refractivity contribution is -0.274. The van der Waals surface area contributed by atoms with E-state index in [1.807, 2.05) is 0 Å². The van der Waals surface area contributed by atoms with Gasteiger partial charge in [0.2, 0.25) is 11.8 Å². The van der Waals surface area contributed by atoms with E-state index in [9.17, 15) is 22.8 Å². The Morgan fingerprint density at radius 1 is 1.05 bits per heavy atom. The third-order valence-corrected chi connectivity index (χ3v) is 2.76. The predicted octanol–water partition coefficient (Wildman–Crippen LogP) is 4.05. The molecule has 0 aliphatic heterocycles. The molecule has 22 heavy (non-hydrogen) atoms. The van der Waals surface area contributed by atoms with Crippen molar-refractivity contribution in [1.29, 1.82) is 0 Å². The van der Waals surface area contributed by atoms with Gasteiger partial charge in [-0.1, -0.05) is 26.0 Å². The number of carbonyl (C=O) groups is 2. The molecule has 0 aliphatic carbocycles. The maximum atomic E-state index is 12.5. The molecule has 0 bridgehead atoms. The Morgan fingerprint density at radius 2 is 1.55 bits per heavy atom. The van der Waals surface area contributed by atoms with Crippen LogP contribution in [0.5, 0.6) is 5.75 Å². The van der Waals surface area contributed by atoms with Crippen LogP contribution < -0.4 is 9.64 Å². The van der Waals surface area contributed by atoms with Gasteiger partial charge in [0.25, 0.3) is 0 Å². The quantitative estimate of drug-likeness (QED) is 0.795. The highest BCUT2D eigenvalue weighted by Crippen LogP contribution is 2.33. The Balaban J connectivity index is 3.24. The number of carbonyl (C=O) groups excluding carboxylic acids is 2. The molecule has 2 amide bonds. The Hall–Kier alpha value is -2.05. The van der Waals surface area contributed by atoms with Crippen molar-refractivity contribution >= 4 is 17.5 Å². The molecule has 4 nitrogen and oxygen atoms in total. The summed E-state index contributed by atoms with van der Waals surface area (Å²) < 4.78 is 41.3. The molecule has 0 heterocycles. The van der Waals surface area contributed by atoms with Crippen LogP contribution in [0.3, 0.4) is 0 Å². The number of rotatable bonds is 6. The van der Waals surface area contributed by atoms with E-state index in [1.54, 1.807) is 13.8 Å². The van der Waals surface area contributed by atoms with Crippen LogP contribution in [-0.4, -0.2) is 18.2 Å². The van der Waals surface area contributed by atoms with Crippen molar-refractivity contribution in [2.75, 3.05) is 4.90 Å². The van der Waals surface area contributed by atoms with Gasteiger partial charge in [-0.05, 0) is 25.0 Å². The van der Waals surface area contributed by atoms with Crippen LogP contribution in [0.15, 0.2) is 24.3 Å². The number of hydrogen-bond donors (Lipinski definition) is 0. The van der Waals surface area contributed by atoms with E-state index in [-0.39, 0.29) is 18.5 Å². The molecule has 1 aromatic rings. The van der Waals surface area contributed by atoms with Crippen molar-refractivity contribution in [2.45, 2.75) is 45.9 Å². The first kappa shape index (κ1) is 18.0. The largest absolute Gasteiger partial charge is 0.573 e. The summed E-state index contributed by atoms with van der Waals surface area (Å²) in [5.41, 5.74) is -0.184. The first-order valence-electron chi connectivity index (χ1n) is 7.00. The van der Waals surface area contributed by atoms with E-state index in [4.69, 9.17) is 0 Å². The minimum Gasteiger partial charge on any atom is -0.404 e. The van der Waals surface area contributed by atoms with E-state index in [0.717, 1.165) is 11.0 Å². The fraction of sp³-hybridized carbons (Fsp3) is 0.467. The van der Waals surface area contributed by atoms with Gasteiger partial charge in [0.15, 0.2) is 5.75 Å². The van der Waals surface area contributed by atoms with Gasteiger partial charge in [-0.25, -0.2) is 4.90 Å². The Kier molecular flexibility index (Phi) is 6.39. The number of nitrogens with zero attached hydrogens (tertiary/aromatic N) is 1. The van der Waals surface area contributed by atoms with E-state index < -0.39 is 23.9 Å². The number of anilines is 1. The summed E-state index contributed by atoms with van der Waals surface area (Å²) in [5.74, 6) is -1.65. The molecule has 1 aromatic carbocycles. The van der Waals surface area contributed by atoms with Crippen molar-refractivity contribution < 1.29 is 27.5 Å². The third kappa shape index (κ3) is 5.05. The molecule has 0 N–H and O–H groups in total. The summed E-state index contributed by atoms with van der Waals surface area (Å²) in [7, 11) is 0. The Bertz CT molecular complexity index is 511. The number of benzene rings is 1. The summed E-state index contributed by atoms with van der Waals surface area (Å²) in [5, 5.41) is 0. The van der Waals surface area contributed by atoms with Crippen LogP contribution in [0.25, 0.3) is 0 Å². The molecule has 0 spiro atoms. The summed E-state index contributed by atoms with van der Waals surface area (Å²) in [6.07, 6.45) is -3.80. The third-order valence-electron chi connectivity index (χ3n) is 2.76. The van der Waals surface area contributed by atoms with Gasteiger partial charge in [-0.2, -0.15) is 0 Å². The van der Waals surface area contributed by atoms with Gasteiger partial charge in [0, 0.05) is 12.8 Å². The Morgan fingerprint density at radius 3 is 2.00 bits per heavy atom. The lowest BCUT2D eigenvalue weighted by Crippen LogP contribution is -2.37. The highest BCUT2D eigenvalue weighted by Gasteiger charge is 2.34. The molecular weight excluding hydrogens is 299 g/mol. The number of hydrogen-bond acceptors (Lipinski definition) is 3. The van der Waals surface area contributed by atoms with Crippen LogP contribution in [0, 0.1) is 0 Å². The fourth-order valence-corrected chi connectivity index (χ4v) is 1.91. The fourth-order valence-electron chi connectivity index (χ4n) is 1.91. The molecule has 1 rings (SSSR count). The molecule has 0 saturated heterocycles. The Labute approximate surface area is 126 Å². The topological polar surface area (TPSA) is 46.6 Å². The molecule has 0 atom stereocenters. The van der Waals surface area contributed by atoms with Crippen LogP contribution in [0.2, 0.25) is 0 Å². The summed E-state index contributed by atoms with van der Waals surface area (Å²) >= 11 is 0. The van der Waals surface area contributed by atoms with Crippen LogP contribution in [0.1, 0.15) is 39.5 Å². The number of ether oxygens (including phenoxy) is 1. The van der Waals surface area contributed by atoms with Crippen LogP contribution in [-0.2, 0) is 9.59 Å². The highest BCUT2D eigenvalue weighted by atomic mass is 19.4. The van der Waals surface area contributed by atoms with E-state index in [1.165, 1.54) is 18.2 Å². The highest BCUT2D eigenvalue weighted by molar-refractivity contribution is 6.15. The minimum atomic E-state index is -4.90. The molecule has 0 fully saturated rings. The number of amides is 2. The zero-order chi connectivity index (χ0) is 16.8. The summed E-state index contributed by atoms with van der Waals surface area (Å²) in [6, 6.07) is 5.14. The summed E-state index contributed by atoms with van der Waals surface area (Å²) in [4.78, 5) is 25.1. The number of imide groups is 1. The summed E-state index contributed by atoms with van der Waals surface area (Å²) in [6.45, 7) is 3.50. The average molecular weight is 317 g/mol. The van der Waals surface area contributed by atoms with Crippen molar-refractivity contribution in [3.05, 3.63) is 24.3 Å². The van der Waals surface area contributed by atoms with E-state index in [2.05, 4.69) is 4.74 Å². The van der Waals surface area contributed by atoms with Crippen LogP contribution in [0.4, 0.5) is 18.9 Å². The second kappa shape index (κ2) is 7.82. The van der Waals surface area contributed by atoms with E-state index >= 15 is 0 Å². The van der Waals surface area contributed by atoms with Gasteiger partial charge in [-0.15, -0.1) is 13.2 Å². The average Bonchev–Trinajstić information content (AvgIpc) is 2.40.